The van der Waals surface area contributed by atoms with Crippen molar-refractivity contribution in [1.29, 1.82) is 0 Å². The van der Waals surface area contributed by atoms with Crippen molar-refractivity contribution in [3.05, 3.63) is 12.2 Å². The molecule has 8 heteroatoms. The van der Waals surface area contributed by atoms with Crippen LogP contribution in [0.5, 0.6) is 0 Å². The normalized spacial score (nSPS) is 30.2. The van der Waals surface area contributed by atoms with Crippen LogP contribution < -0.4 is 0 Å². The van der Waals surface area contributed by atoms with Gasteiger partial charge in [0.1, 0.15) is 6.61 Å². The Kier molecular flexibility index (Phi) is 6.13. The van der Waals surface area contributed by atoms with Gasteiger partial charge in [-0.2, -0.15) is 0 Å². The van der Waals surface area contributed by atoms with Crippen molar-refractivity contribution in [1.82, 2.24) is 0 Å². The third-order valence-electron chi connectivity index (χ3n) is 3.97. The van der Waals surface area contributed by atoms with E-state index >= 15 is 0 Å². The van der Waals surface area contributed by atoms with Gasteiger partial charge in [0.25, 0.3) is 0 Å². The molecule has 136 valence electrons. The summed E-state index contributed by atoms with van der Waals surface area (Å²) >= 11 is 0. The molecule has 0 bridgehead atoms. The number of carboxylic acids is 2. The van der Waals surface area contributed by atoms with Crippen molar-refractivity contribution in [3.8, 4) is 0 Å². The molecule has 0 aromatic carbocycles. The highest BCUT2D eigenvalue weighted by molar-refractivity contribution is 5.88. The second-order valence-electron chi connectivity index (χ2n) is 6.27. The van der Waals surface area contributed by atoms with Gasteiger partial charge in [0.2, 0.25) is 5.60 Å². The highest BCUT2D eigenvalue weighted by Crippen LogP contribution is 2.46. The van der Waals surface area contributed by atoms with E-state index in [-0.39, 0.29) is 12.5 Å². The molecule has 0 radical (unpaired) electrons. The highest BCUT2D eigenvalue weighted by Gasteiger charge is 2.66. The van der Waals surface area contributed by atoms with Crippen molar-refractivity contribution >= 4 is 17.9 Å². The summed E-state index contributed by atoms with van der Waals surface area (Å²) in [7, 11) is 0. The third kappa shape index (κ3) is 3.59. The summed E-state index contributed by atoms with van der Waals surface area (Å²) in [5.41, 5.74) is -2.03. The van der Waals surface area contributed by atoms with Crippen LogP contribution in [0.1, 0.15) is 34.6 Å². The van der Waals surface area contributed by atoms with E-state index in [9.17, 15) is 24.6 Å². The Morgan fingerprint density at radius 2 is 1.75 bits per heavy atom. The molecule has 1 aliphatic heterocycles. The summed E-state index contributed by atoms with van der Waals surface area (Å²) < 4.78 is 16.1. The molecule has 1 rings (SSSR count). The zero-order valence-corrected chi connectivity index (χ0v) is 14.4. The van der Waals surface area contributed by atoms with E-state index in [1.165, 1.54) is 19.1 Å². The van der Waals surface area contributed by atoms with Crippen LogP contribution >= 0.6 is 0 Å². The molecule has 1 heterocycles. The van der Waals surface area contributed by atoms with Gasteiger partial charge in [-0.05, 0) is 18.1 Å². The zero-order chi connectivity index (χ0) is 18.7. The van der Waals surface area contributed by atoms with Gasteiger partial charge in [-0.3, -0.25) is 4.79 Å². The topological polar surface area (TPSA) is 119 Å². The zero-order valence-electron chi connectivity index (χ0n) is 14.4. The first-order valence-electron chi connectivity index (χ1n) is 7.64. The van der Waals surface area contributed by atoms with Crippen LogP contribution in [0.4, 0.5) is 0 Å². The van der Waals surface area contributed by atoms with E-state index in [2.05, 4.69) is 0 Å². The summed E-state index contributed by atoms with van der Waals surface area (Å²) in [5.74, 6) is -5.88. The van der Waals surface area contributed by atoms with E-state index < -0.39 is 41.3 Å². The Morgan fingerprint density at radius 3 is 2.08 bits per heavy atom. The van der Waals surface area contributed by atoms with E-state index in [1.807, 2.05) is 0 Å². The van der Waals surface area contributed by atoms with Crippen molar-refractivity contribution < 1.29 is 38.8 Å². The first-order valence-corrected chi connectivity index (χ1v) is 7.64. The number of aliphatic carboxylic acids is 2. The smallest absolute Gasteiger partial charge is 0.339 e. The summed E-state index contributed by atoms with van der Waals surface area (Å²) in [6.07, 6.45) is 1.18. The van der Waals surface area contributed by atoms with E-state index in [4.69, 9.17) is 14.2 Å². The fraction of sp³-hybridized carbons (Fsp3) is 0.688. The lowest BCUT2D eigenvalue weighted by Gasteiger charge is -2.33. The monoisotopic (exact) mass is 344 g/mol. The predicted molar refractivity (Wildman–Crippen MR) is 82.1 cm³/mol. The number of carbonyl (C=O) groups excluding carboxylic acids is 1. The number of hydrogen-bond acceptors (Lipinski definition) is 6. The fourth-order valence-electron chi connectivity index (χ4n) is 2.57. The maximum atomic E-state index is 11.8. The standard InChI is InChI=1S/C16H24O8/c1-9(2)15(7-6-8-22-11(5)17)23-12(13(18)19)16(24-15,10(3)4)14(20)21/h6-7,9-10,12H,8H2,1-5H3,(H,18,19)(H,20,21)/b7-6+/t12-,15?,16+/m1/s1. The van der Waals surface area contributed by atoms with Crippen molar-refractivity contribution in [2.45, 2.75) is 52.1 Å². The number of carboxylic acid groups (broad SMARTS) is 2. The van der Waals surface area contributed by atoms with Gasteiger partial charge in [-0.25, -0.2) is 9.59 Å². The van der Waals surface area contributed by atoms with E-state index in [0.29, 0.717) is 0 Å². The second-order valence-corrected chi connectivity index (χ2v) is 6.27. The van der Waals surface area contributed by atoms with Gasteiger partial charge >= 0.3 is 17.9 Å². The second kappa shape index (κ2) is 7.31. The average Bonchev–Trinajstić information content (AvgIpc) is 2.82. The van der Waals surface area contributed by atoms with Gasteiger partial charge in [0.05, 0.1) is 0 Å². The quantitative estimate of drug-likeness (QED) is 0.526. The first kappa shape index (κ1) is 20.1. The Labute approximate surface area is 140 Å². The molecule has 0 amide bonds. The van der Waals surface area contributed by atoms with Gasteiger partial charge in [-0.15, -0.1) is 0 Å². The van der Waals surface area contributed by atoms with Crippen LogP contribution in [0.15, 0.2) is 12.2 Å². The maximum absolute atomic E-state index is 11.8. The average molecular weight is 344 g/mol. The first-order chi connectivity index (χ1) is 11.0. The van der Waals surface area contributed by atoms with Crippen LogP contribution in [-0.4, -0.2) is 52.2 Å². The van der Waals surface area contributed by atoms with Crippen molar-refractivity contribution in [3.63, 3.8) is 0 Å². The van der Waals surface area contributed by atoms with E-state index in [0.717, 1.165) is 0 Å². The minimum absolute atomic E-state index is 0.0595. The van der Waals surface area contributed by atoms with Crippen LogP contribution in [0, 0.1) is 11.8 Å². The third-order valence-corrected chi connectivity index (χ3v) is 3.97. The molecule has 1 fully saturated rings. The Hall–Kier alpha value is -1.93. The lowest BCUT2D eigenvalue weighted by Crippen LogP contribution is -2.55. The number of carbonyl (C=O) groups is 3. The summed E-state index contributed by atoms with van der Waals surface area (Å²) in [5, 5.41) is 19.1. The van der Waals surface area contributed by atoms with Crippen LogP contribution in [0.2, 0.25) is 0 Å². The molecule has 3 atom stereocenters. The van der Waals surface area contributed by atoms with Crippen LogP contribution in [0.25, 0.3) is 0 Å². The van der Waals surface area contributed by atoms with Gasteiger partial charge in [-0.1, -0.05) is 27.7 Å². The summed E-state index contributed by atoms with van der Waals surface area (Å²) in [6, 6.07) is 0. The highest BCUT2D eigenvalue weighted by atomic mass is 16.8. The molecule has 8 nitrogen and oxygen atoms in total. The number of esters is 1. The number of hydrogen-bond donors (Lipinski definition) is 2. The lowest BCUT2D eigenvalue weighted by atomic mass is 9.85. The predicted octanol–water partition coefficient (Wildman–Crippen LogP) is 1.44. The van der Waals surface area contributed by atoms with Gasteiger partial charge in [0.15, 0.2) is 11.9 Å². The lowest BCUT2D eigenvalue weighted by molar-refractivity contribution is -0.202. The van der Waals surface area contributed by atoms with Crippen molar-refractivity contribution in [2.75, 3.05) is 6.61 Å². The maximum Gasteiger partial charge on any atom is 0.339 e. The van der Waals surface area contributed by atoms with Gasteiger partial charge in [0, 0.05) is 12.8 Å². The Balaban J connectivity index is 3.27. The number of ether oxygens (including phenoxy) is 3. The fourth-order valence-corrected chi connectivity index (χ4v) is 2.57. The van der Waals surface area contributed by atoms with Crippen molar-refractivity contribution in [2.24, 2.45) is 11.8 Å². The molecule has 2 N–H and O–H groups in total. The summed E-state index contributed by atoms with van der Waals surface area (Å²) in [6.45, 7) is 7.75. The largest absolute Gasteiger partial charge is 0.479 e. The SMILES string of the molecule is CC(=O)OC/C=C/C1(C(C)C)O[C@H](C(=O)O)[C@](C(=O)O)(C(C)C)O1. The Morgan fingerprint density at radius 1 is 1.17 bits per heavy atom. The molecule has 0 spiro atoms. The minimum Gasteiger partial charge on any atom is -0.479 e. The van der Waals surface area contributed by atoms with Crippen LogP contribution in [0.3, 0.4) is 0 Å². The minimum atomic E-state index is -2.03. The van der Waals surface area contributed by atoms with Crippen LogP contribution in [-0.2, 0) is 28.6 Å². The molecule has 0 aromatic heterocycles. The number of rotatable bonds is 7. The molecule has 1 unspecified atom stereocenters. The summed E-state index contributed by atoms with van der Waals surface area (Å²) in [4.78, 5) is 34.2. The Bertz CT molecular complexity index is 538. The molecule has 0 saturated carbocycles. The molecule has 0 aliphatic carbocycles. The van der Waals surface area contributed by atoms with Gasteiger partial charge < -0.3 is 24.4 Å². The molecule has 24 heavy (non-hydrogen) atoms. The molecule has 1 saturated heterocycles. The van der Waals surface area contributed by atoms with E-state index in [1.54, 1.807) is 27.7 Å². The molecule has 0 aromatic rings. The molecule has 1 aliphatic rings. The molecular weight excluding hydrogens is 320 g/mol. The molecular formula is C16H24O8.